The van der Waals surface area contributed by atoms with E-state index in [1.807, 2.05) is 19.1 Å². The standard InChI is InChI=1S/C26H31N5O4S/c1-15(2)13-14-29-25(33)22(17-7-11-19(35-4)12-8-17)31(18-9-5-16(3)6-10-18)26(34)23-20(27)21(24(28)32)30-36-23/h5-12,15,22H,13-14,27H2,1-4H3,(H2,28,32)(H,29,33)/t22-/m0/s1. The van der Waals surface area contributed by atoms with Crippen LogP contribution in [0.2, 0.25) is 0 Å². The van der Waals surface area contributed by atoms with Crippen LogP contribution in [0.15, 0.2) is 48.5 Å². The number of primary amides is 1. The third-order valence-electron chi connectivity index (χ3n) is 5.65. The molecule has 1 atom stereocenters. The van der Waals surface area contributed by atoms with Crippen molar-refractivity contribution in [2.75, 3.05) is 24.3 Å². The number of rotatable bonds is 10. The zero-order valence-corrected chi connectivity index (χ0v) is 21.6. The molecule has 0 radical (unpaired) electrons. The Morgan fingerprint density at radius 3 is 2.25 bits per heavy atom. The second kappa shape index (κ2) is 11.7. The van der Waals surface area contributed by atoms with Gasteiger partial charge in [0, 0.05) is 12.2 Å². The van der Waals surface area contributed by atoms with Crippen LogP contribution in [0.1, 0.15) is 57.6 Å². The third-order valence-corrected chi connectivity index (χ3v) is 6.50. The van der Waals surface area contributed by atoms with E-state index in [4.69, 9.17) is 16.2 Å². The van der Waals surface area contributed by atoms with Gasteiger partial charge < -0.3 is 21.5 Å². The number of nitrogens with one attached hydrogen (secondary N) is 1. The summed E-state index contributed by atoms with van der Waals surface area (Å²) in [5.41, 5.74) is 13.2. The van der Waals surface area contributed by atoms with E-state index in [0.29, 0.717) is 29.5 Å². The van der Waals surface area contributed by atoms with E-state index in [2.05, 4.69) is 23.5 Å². The second-order valence-electron chi connectivity index (χ2n) is 8.80. The maximum atomic E-state index is 14.0. The smallest absolute Gasteiger partial charge is 0.273 e. The number of benzene rings is 2. The molecule has 0 saturated heterocycles. The lowest BCUT2D eigenvalue weighted by atomic mass is 10.0. The topological polar surface area (TPSA) is 141 Å². The van der Waals surface area contributed by atoms with Crippen molar-refractivity contribution in [2.24, 2.45) is 11.7 Å². The van der Waals surface area contributed by atoms with Gasteiger partial charge in [0.25, 0.3) is 11.8 Å². The Kier molecular flexibility index (Phi) is 8.65. The van der Waals surface area contributed by atoms with Crippen LogP contribution in [0.4, 0.5) is 11.4 Å². The van der Waals surface area contributed by atoms with Crippen LogP contribution in [-0.2, 0) is 4.79 Å². The molecule has 10 heteroatoms. The number of methoxy groups -OCH3 is 1. The summed E-state index contributed by atoms with van der Waals surface area (Å²) >= 11 is 0.772. The van der Waals surface area contributed by atoms with E-state index in [0.717, 1.165) is 23.5 Å². The molecule has 1 heterocycles. The molecule has 2 aromatic carbocycles. The molecule has 9 nitrogen and oxygen atoms in total. The highest BCUT2D eigenvalue weighted by atomic mass is 32.1. The minimum Gasteiger partial charge on any atom is -0.497 e. The zero-order chi connectivity index (χ0) is 26.4. The van der Waals surface area contributed by atoms with Crippen LogP contribution >= 0.6 is 11.5 Å². The lowest BCUT2D eigenvalue weighted by Crippen LogP contribution is -2.44. The van der Waals surface area contributed by atoms with Crippen LogP contribution in [0.5, 0.6) is 5.75 Å². The number of aromatic nitrogens is 1. The summed E-state index contributed by atoms with van der Waals surface area (Å²) in [6.07, 6.45) is 0.781. The van der Waals surface area contributed by atoms with Crippen molar-refractivity contribution in [3.8, 4) is 5.75 Å². The van der Waals surface area contributed by atoms with Crippen molar-refractivity contribution in [1.82, 2.24) is 9.69 Å². The molecule has 0 fully saturated rings. The van der Waals surface area contributed by atoms with Gasteiger partial charge in [-0.15, -0.1) is 0 Å². The average molecular weight is 510 g/mol. The average Bonchev–Trinajstić information content (AvgIpc) is 3.24. The van der Waals surface area contributed by atoms with Crippen molar-refractivity contribution in [3.63, 3.8) is 0 Å². The molecule has 5 N–H and O–H groups in total. The van der Waals surface area contributed by atoms with Gasteiger partial charge in [-0.1, -0.05) is 43.7 Å². The number of ether oxygens (including phenoxy) is 1. The van der Waals surface area contributed by atoms with Crippen LogP contribution in [-0.4, -0.2) is 35.7 Å². The molecule has 1 aromatic heterocycles. The van der Waals surface area contributed by atoms with Gasteiger partial charge in [0.2, 0.25) is 5.91 Å². The maximum absolute atomic E-state index is 14.0. The summed E-state index contributed by atoms with van der Waals surface area (Å²) in [6, 6.07) is 13.1. The Hall–Kier alpha value is -3.92. The predicted molar refractivity (Wildman–Crippen MR) is 141 cm³/mol. The fraction of sp³-hybridized carbons (Fsp3) is 0.308. The number of hydrogen-bond acceptors (Lipinski definition) is 7. The molecule has 0 bridgehead atoms. The summed E-state index contributed by atoms with van der Waals surface area (Å²) in [5, 5.41) is 2.97. The largest absolute Gasteiger partial charge is 0.497 e. The first-order chi connectivity index (χ1) is 17.1. The fourth-order valence-corrected chi connectivity index (χ4v) is 4.35. The molecule has 0 aliphatic heterocycles. The van der Waals surface area contributed by atoms with E-state index < -0.39 is 17.9 Å². The van der Waals surface area contributed by atoms with E-state index in [9.17, 15) is 14.4 Å². The number of carbonyl (C=O) groups is 3. The number of hydrogen-bond donors (Lipinski definition) is 3. The van der Waals surface area contributed by atoms with Crippen LogP contribution in [0, 0.1) is 12.8 Å². The quantitative estimate of drug-likeness (QED) is 0.381. The monoisotopic (exact) mass is 509 g/mol. The Morgan fingerprint density at radius 2 is 1.72 bits per heavy atom. The summed E-state index contributed by atoms with van der Waals surface area (Å²) < 4.78 is 9.24. The molecule has 0 spiro atoms. The summed E-state index contributed by atoms with van der Waals surface area (Å²) in [5.74, 6) is -0.746. The molecule has 190 valence electrons. The molecular formula is C26H31N5O4S. The van der Waals surface area contributed by atoms with Gasteiger partial charge in [-0.2, -0.15) is 4.37 Å². The van der Waals surface area contributed by atoms with Gasteiger partial charge in [0.05, 0.1) is 12.8 Å². The predicted octanol–water partition coefficient (Wildman–Crippen LogP) is 3.69. The molecule has 3 rings (SSSR count). The van der Waals surface area contributed by atoms with Gasteiger partial charge in [-0.05, 0) is 60.6 Å². The van der Waals surface area contributed by atoms with Gasteiger partial charge in [-0.25, -0.2) is 0 Å². The normalized spacial score (nSPS) is 11.7. The fourth-order valence-electron chi connectivity index (χ4n) is 3.61. The first-order valence-electron chi connectivity index (χ1n) is 11.5. The van der Waals surface area contributed by atoms with Crippen molar-refractivity contribution >= 4 is 40.6 Å². The van der Waals surface area contributed by atoms with Crippen molar-refractivity contribution in [1.29, 1.82) is 0 Å². The Balaban J connectivity index is 2.15. The van der Waals surface area contributed by atoms with Crippen LogP contribution in [0.3, 0.4) is 0 Å². The van der Waals surface area contributed by atoms with Gasteiger partial charge >= 0.3 is 0 Å². The molecular weight excluding hydrogens is 478 g/mol. The lowest BCUT2D eigenvalue weighted by Gasteiger charge is -2.31. The highest BCUT2D eigenvalue weighted by Gasteiger charge is 2.36. The molecule has 3 aromatic rings. The minimum absolute atomic E-state index is 0.0258. The maximum Gasteiger partial charge on any atom is 0.273 e. The van der Waals surface area contributed by atoms with Crippen molar-refractivity contribution in [3.05, 3.63) is 70.2 Å². The molecule has 3 amide bonds. The molecule has 36 heavy (non-hydrogen) atoms. The van der Waals surface area contributed by atoms with Crippen LogP contribution in [0.25, 0.3) is 0 Å². The number of carbonyl (C=O) groups excluding carboxylic acids is 3. The highest BCUT2D eigenvalue weighted by Crippen LogP contribution is 2.34. The number of nitrogen functional groups attached to an aromatic ring is 1. The van der Waals surface area contributed by atoms with Gasteiger partial charge in [0.15, 0.2) is 5.69 Å². The number of nitrogens with two attached hydrogens (primary N) is 2. The summed E-state index contributed by atoms with van der Waals surface area (Å²) in [4.78, 5) is 40.7. The Labute approximate surface area is 214 Å². The number of nitrogens with zero attached hydrogens (tertiary/aromatic N) is 2. The van der Waals surface area contributed by atoms with Crippen molar-refractivity contribution in [2.45, 2.75) is 33.2 Å². The van der Waals surface area contributed by atoms with E-state index in [-0.39, 0.29) is 22.2 Å². The number of amides is 3. The number of anilines is 2. The number of aryl methyl sites for hydroxylation is 1. The van der Waals surface area contributed by atoms with E-state index >= 15 is 0 Å². The molecule has 0 saturated carbocycles. The zero-order valence-electron chi connectivity index (χ0n) is 20.8. The SMILES string of the molecule is COc1ccc([C@@H](C(=O)NCCC(C)C)N(C(=O)c2snc(C(N)=O)c2N)c2ccc(C)cc2)cc1. The lowest BCUT2D eigenvalue weighted by molar-refractivity contribution is -0.122. The van der Waals surface area contributed by atoms with Gasteiger partial charge in [-0.3, -0.25) is 19.3 Å². The third kappa shape index (κ3) is 6.01. The molecule has 0 unspecified atom stereocenters. The summed E-state index contributed by atoms with van der Waals surface area (Å²) in [7, 11) is 1.55. The first-order valence-corrected chi connectivity index (χ1v) is 12.3. The van der Waals surface area contributed by atoms with Crippen molar-refractivity contribution < 1.29 is 19.1 Å². The summed E-state index contributed by atoms with van der Waals surface area (Å²) in [6.45, 7) is 6.51. The second-order valence-corrected chi connectivity index (χ2v) is 9.57. The van der Waals surface area contributed by atoms with Gasteiger partial charge in [0.1, 0.15) is 16.7 Å². The highest BCUT2D eigenvalue weighted by molar-refractivity contribution is 7.09. The van der Waals surface area contributed by atoms with Crippen LogP contribution < -0.4 is 26.4 Å². The Morgan fingerprint density at radius 1 is 1.08 bits per heavy atom. The minimum atomic E-state index is -1.03. The molecule has 0 aliphatic carbocycles. The first kappa shape index (κ1) is 26.7. The van der Waals surface area contributed by atoms with E-state index in [1.54, 1.807) is 43.5 Å². The molecule has 0 aliphatic rings. The Bertz CT molecular complexity index is 1220. The van der Waals surface area contributed by atoms with E-state index in [1.165, 1.54) is 4.90 Å².